The summed E-state index contributed by atoms with van der Waals surface area (Å²) in [7, 11) is 0. The van der Waals surface area contributed by atoms with E-state index in [9.17, 15) is 0 Å². The molecule has 0 aliphatic carbocycles. The first kappa shape index (κ1) is 35.8. The number of hydrogen-bond acceptors (Lipinski definition) is 4. The molecule has 0 aliphatic heterocycles. The Morgan fingerprint density at radius 2 is 0.889 bits per heavy atom. The molecule has 0 saturated heterocycles. The van der Waals surface area contributed by atoms with E-state index in [1.165, 1.54) is 44.9 Å². The number of nitrogens with one attached hydrogen (secondary N) is 2. The normalized spacial score (nSPS) is 15.2. The maximum Gasteiger partial charge on any atom is 0.146 e. The van der Waals surface area contributed by atoms with Crippen LogP contribution in [0.2, 0.25) is 0 Å². The standard InChI is InChI=1S/C32H70N4/c1-16-19-20-21-22-23-24-27(33-25-17-2)32(34-26-18-3,35(28(4,5)6)29(7,8)9)36(30(10,11)12)31(13,14)15/h27,33-34H,16-26H2,1-15H3. The zero-order valence-corrected chi connectivity index (χ0v) is 27.7. The molecule has 218 valence electrons. The summed E-state index contributed by atoms with van der Waals surface area (Å²) in [6.07, 6.45) is 11.4. The molecule has 0 aromatic rings. The number of nitrogens with zero attached hydrogens (tertiary/aromatic N) is 2. The van der Waals surface area contributed by atoms with Crippen molar-refractivity contribution >= 4 is 0 Å². The van der Waals surface area contributed by atoms with E-state index in [0.29, 0.717) is 6.04 Å². The first-order chi connectivity index (χ1) is 16.3. The van der Waals surface area contributed by atoms with Crippen LogP contribution < -0.4 is 10.6 Å². The Morgan fingerprint density at radius 1 is 0.500 bits per heavy atom. The zero-order chi connectivity index (χ0) is 28.4. The molecular formula is C32H70N4. The highest BCUT2D eigenvalue weighted by Gasteiger charge is 2.59. The fourth-order valence-corrected chi connectivity index (χ4v) is 6.95. The van der Waals surface area contributed by atoms with Gasteiger partial charge in [0.15, 0.2) is 0 Å². The molecule has 0 aromatic carbocycles. The van der Waals surface area contributed by atoms with Gasteiger partial charge in [0.25, 0.3) is 0 Å². The van der Waals surface area contributed by atoms with Gasteiger partial charge < -0.3 is 5.32 Å². The monoisotopic (exact) mass is 511 g/mol. The van der Waals surface area contributed by atoms with Crippen LogP contribution in [0.1, 0.15) is 162 Å². The Bertz CT molecular complexity index is 511. The van der Waals surface area contributed by atoms with Crippen molar-refractivity contribution < 1.29 is 0 Å². The molecular weight excluding hydrogens is 440 g/mol. The van der Waals surface area contributed by atoms with Gasteiger partial charge >= 0.3 is 0 Å². The van der Waals surface area contributed by atoms with Crippen LogP contribution in [0.25, 0.3) is 0 Å². The summed E-state index contributed by atoms with van der Waals surface area (Å²) in [6, 6.07) is 0.298. The maximum atomic E-state index is 4.27. The molecule has 0 spiro atoms. The van der Waals surface area contributed by atoms with E-state index >= 15 is 0 Å². The summed E-state index contributed by atoms with van der Waals surface area (Å²) in [6.45, 7) is 37.8. The predicted octanol–water partition coefficient (Wildman–Crippen LogP) is 8.56. The Labute approximate surface area is 229 Å². The molecule has 0 rings (SSSR count). The molecule has 2 N–H and O–H groups in total. The average molecular weight is 511 g/mol. The summed E-state index contributed by atoms with van der Waals surface area (Å²) in [4.78, 5) is 5.65. The third-order valence-corrected chi connectivity index (χ3v) is 6.97. The molecule has 1 atom stereocenters. The fraction of sp³-hybridized carbons (Fsp3) is 1.00. The van der Waals surface area contributed by atoms with Crippen molar-refractivity contribution in [3.63, 3.8) is 0 Å². The van der Waals surface area contributed by atoms with Crippen molar-refractivity contribution in [2.24, 2.45) is 0 Å². The van der Waals surface area contributed by atoms with Crippen LogP contribution in [-0.4, -0.2) is 56.9 Å². The molecule has 0 aliphatic rings. The summed E-state index contributed by atoms with van der Waals surface area (Å²) in [5.41, 5.74) is -0.163. The largest absolute Gasteiger partial charge is 0.310 e. The van der Waals surface area contributed by atoms with Crippen molar-refractivity contribution in [1.29, 1.82) is 0 Å². The molecule has 0 radical (unpaired) electrons. The second kappa shape index (κ2) is 14.8. The highest BCUT2D eigenvalue weighted by atomic mass is 15.6. The van der Waals surface area contributed by atoms with Crippen molar-refractivity contribution in [3.05, 3.63) is 0 Å². The SMILES string of the molecule is CCCCCCCCC(NCCC)C(NCCC)(N(C(C)(C)C)C(C)(C)C)N(C(C)(C)C)C(C)(C)C. The van der Waals surface area contributed by atoms with Gasteiger partial charge in [-0.15, -0.1) is 0 Å². The van der Waals surface area contributed by atoms with Crippen LogP contribution in [0.4, 0.5) is 0 Å². The summed E-state index contributed by atoms with van der Waals surface area (Å²) >= 11 is 0. The van der Waals surface area contributed by atoms with Gasteiger partial charge in [0.05, 0.1) is 6.04 Å². The van der Waals surface area contributed by atoms with Crippen LogP contribution in [-0.2, 0) is 0 Å². The zero-order valence-electron chi connectivity index (χ0n) is 27.7. The fourth-order valence-electron chi connectivity index (χ4n) is 6.95. The quantitative estimate of drug-likeness (QED) is 0.161. The minimum Gasteiger partial charge on any atom is -0.310 e. The van der Waals surface area contributed by atoms with Gasteiger partial charge in [-0.25, -0.2) is 0 Å². The maximum absolute atomic E-state index is 4.27. The van der Waals surface area contributed by atoms with Crippen LogP contribution in [0.3, 0.4) is 0 Å². The first-order valence-corrected chi connectivity index (χ1v) is 15.4. The van der Waals surface area contributed by atoms with E-state index in [0.717, 1.165) is 25.9 Å². The molecule has 0 bridgehead atoms. The molecule has 4 heteroatoms. The first-order valence-electron chi connectivity index (χ1n) is 15.4. The lowest BCUT2D eigenvalue weighted by atomic mass is 9.82. The summed E-state index contributed by atoms with van der Waals surface area (Å²) in [5, 5.41) is 8.39. The van der Waals surface area contributed by atoms with Crippen molar-refractivity contribution in [2.75, 3.05) is 13.1 Å². The highest BCUT2D eigenvalue weighted by Crippen LogP contribution is 2.44. The predicted molar refractivity (Wildman–Crippen MR) is 164 cm³/mol. The lowest BCUT2D eigenvalue weighted by Crippen LogP contribution is -2.86. The van der Waals surface area contributed by atoms with Crippen LogP contribution in [0.15, 0.2) is 0 Å². The second-order valence-corrected chi connectivity index (χ2v) is 15.1. The van der Waals surface area contributed by atoms with Gasteiger partial charge in [-0.1, -0.05) is 59.3 Å². The van der Waals surface area contributed by atoms with Crippen LogP contribution in [0, 0.1) is 0 Å². The molecule has 0 amide bonds. The smallest absolute Gasteiger partial charge is 0.146 e. The Balaban J connectivity index is 7.18. The number of hydrogen-bond donors (Lipinski definition) is 2. The van der Waals surface area contributed by atoms with E-state index < -0.39 is 0 Å². The van der Waals surface area contributed by atoms with Crippen LogP contribution in [0.5, 0.6) is 0 Å². The Hall–Kier alpha value is -0.160. The van der Waals surface area contributed by atoms with E-state index in [4.69, 9.17) is 0 Å². The molecule has 1 unspecified atom stereocenters. The third kappa shape index (κ3) is 10.5. The summed E-state index contributed by atoms with van der Waals surface area (Å²) < 4.78 is 0. The van der Waals surface area contributed by atoms with Gasteiger partial charge in [0.1, 0.15) is 5.79 Å². The van der Waals surface area contributed by atoms with E-state index in [-0.39, 0.29) is 27.9 Å². The minimum absolute atomic E-state index is 0.0407. The average Bonchev–Trinajstić information content (AvgIpc) is 2.66. The van der Waals surface area contributed by atoms with E-state index in [2.05, 4.69) is 124 Å². The Kier molecular flexibility index (Phi) is 14.8. The lowest BCUT2D eigenvalue weighted by molar-refractivity contribution is -0.235. The van der Waals surface area contributed by atoms with Gasteiger partial charge in [-0.05, 0) is 115 Å². The number of unbranched alkanes of at least 4 members (excludes halogenated alkanes) is 5. The van der Waals surface area contributed by atoms with Gasteiger partial charge in [-0.2, -0.15) is 0 Å². The van der Waals surface area contributed by atoms with E-state index in [1.807, 2.05) is 0 Å². The molecule has 0 saturated carbocycles. The second-order valence-electron chi connectivity index (χ2n) is 15.1. The van der Waals surface area contributed by atoms with Gasteiger partial charge in [-0.3, -0.25) is 15.1 Å². The minimum atomic E-state index is -0.360. The molecule has 36 heavy (non-hydrogen) atoms. The lowest BCUT2D eigenvalue weighted by Gasteiger charge is -2.68. The highest BCUT2D eigenvalue weighted by molar-refractivity contribution is 5.11. The molecule has 0 aromatic heterocycles. The Morgan fingerprint density at radius 3 is 1.25 bits per heavy atom. The topological polar surface area (TPSA) is 30.5 Å². The van der Waals surface area contributed by atoms with Gasteiger partial charge in [0, 0.05) is 22.2 Å². The van der Waals surface area contributed by atoms with Gasteiger partial charge in [0.2, 0.25) is 0 Å². The molecule has 0 heterocycles. The molecule has 4 nitrogen and oxygen atoms in total. The van der Waals surface area contributed by atoms with Crippen molar-refractivity contribution in [2.45, 2.75) is 196 Å². The van der Waals surface area contributed by atoms with Crippen molar-refractivity contribution in [1.82, 2.24) is 20.4 Å². The van der Waals surface area contributed by atoms with Crippen LogP contribution >= 0.6 is 0 Å². The van der Waals surface area contributed by atoms with E-state index in [1.54, 1.807) is 0 Å². The molecule has 0 fully saturated rings. The summed E-state index contributed by atoms with van der Waals surface area (Å²) in [5.74, 6) is -0.360. The van der Waals surface area contributed by atoms with Crippen molar-refractivity contribution in [3.8, 4) is 0 Å². The third-order valence-electron chi connectivity index (χ3n) is 6.97. The number of rotatable bonds is 16.